The number of carbonyl (C=O) groups excluding carboxylic acids is 3. The Morgan fingerprint density at radius 1 is 1.16 bits per heavy atom. The number of nitrogens with two attached hydrogens (primary N) is 1. The van der Waals surface area contributed by atoms with Crippen molar-refractivity contribution in [3.63, 3.8) is 0 Å². The first-order chi connectivity index (χ1) is 21.0. The minimum absolute atomic E-state index is 0.139. The second-order valence-corrected chi connectivity index (χ2v) is 12.3. The highest BCUT2D eigenvalue weighted by Crippen LogP contribution is 2.65. The van der Waals surface area contributed by atoms with Crippen LogP contribution in [0.2, 0.25) is 0 Å². The van der Waals surface area contributed by atoms with Crippen molar-refractivity contribution in [3.8, 4) is 11.5 Å². The summed E-state index contributed by atoms with van der Waals surface area (Å²) in [4.78, 5) is 40.8. The van der Waals surface area contributed by atoms with E-state index < -0.39 is 53.2 Å². The zero-order valence-corrected chi connectivity index (χ0v) is 25.4. The van der Waals surface area contributed by atoms with Crippen molar-refractivity contribution in [3.05, 3.63) is 71.0 Å². The Kier molecular flexibility index (Phi) is 7.67. The van der Waals surface area contributed by atoms with Gasteiger partial charge in [0.2, 0.25) is 5.91 Å². The first-order valence-electron chi connectivity index (χ1n) is 15.0. The lowest BCUT2D eigenvalue weighted by atomic mass is 9.50. The number of likely N-dealkylation sites (tertiary alicyclic amines) is 1. The molecule has 1 saturated heterocycles. The van der Waals surface area contributed by atoms with Crippen LogP contribution < -0.4 is 20.5 Å². The molecule has 0 saturated carbocycles. The quantitative estimate of drug-likeness (QED) is 0.359. The zero-order valence-electron chi connectivity index (χ0n) is 25.4. The van der Waals surface area contributed by atoms with Crippen molar-refractivity contribution in [2.24, 2.45) is 5.73 Å². The number of aliphatic hydroxyl groups is 1. The van der Waals surface area contributed by atoms with Crippen molar-refractivity contribution >= 4 is 17.8 Å². The summed E-state index contributed by atoms with van der Waals surface area (Å²) in [6.45, 7) is 3.60. The molecule has 1 spiro atoms. The SMILES string of the molecule is COc1ccc2c3c1O[C@H]1C(OC(=O)[C@H](C)OC(=O)[C@H](C)NC(=O)[C@@H](N)Cc4ccccc4)=CC[C@]4(O)C(C2)N(C)CC[C@]314. The van der Waals surface area contributed by atoms with Crippen LogP contribution in [0.4, 0.5) is 0 Å². The Morgan fingerprint density at radius 2 is 1.91 bits per heavy atom. The molecular weight excluding hydrogens is 566 g/mol. The number of hydrogen-bond acceptors (Lipinski definition) is 10. The molecule has 1 unspecified atom stereocenters. The summed E-state index contributed by atoms with van der Waals surface area (Å²) in [6, 6.07) is 11.2. The van der Waals surface area contributed by atoms with Gasteiger partial charge >= 0.3 is 11.9 Å². The molecule has 4 N–H and O–H groups in total. The van der Waals surface area contributed by atoms with Gasteiger partial charge < -0.3 is 40.0 Å². The molecular formula is C33H39N3O8. The molecule has 44 heavy (non-hydrogen) atoms. The zero-order chi connectivity index (χ0) is 31.4. The average molecular weight is 606 g/mol. The first-order valence-corrected chi connectivity index (χ1v) is 15.0. The van der Waals surface area contributed by atoms with E-state index in [4.69, 9.17) is 24.7 Å². The third kappa shape index (κ3) is 4.65. The number of nitrogens with one attached hydrogen (secondary N) is 1. The average Bonchev–Trinajstić information content (AvgIpc) is 3.36. The number of carbonyl (C=O) groups is 3. The van der Waals surface area contributed by atoms with E-state index in [2.05, 4.69) is 10.2 Å². The molecule has 11 nitrogen and oxygen atoms in total. The Bertz CT molecular complexity index is 1510. The normalized spacial score (nSPS) is 28.4. The first kappa shape index (κ1) is 30.1. The Balaban J connectivity index is 1.14. The number of rotatable bonds is 9. The number of esters is 2. The molecule has 0 radical (unpaired) electrons. The third-order valence-electron chi connectivity index (χ3n) is 9.75. The number of ether oxygens (including phenoxy) is 4. The van der Waals surface area contributed by atoms with Gasteiger partial charge in [-0.1, -0.05) is 36.4 Å². The molecule has 2 aromatic rings. The predicted octanol–water partition coefficient (Wildman–Crippen LogP) is 1.52. The second kappa shape index (κ2) is 11.2. The van der Waals surface area contributed by atoms with Crippen molar-refractivity contribution in [2.45, 2.75) is 80.9 Å². The molecule has 1 fully saturated rings. The van der Waals surface area contributed by atoms with Gasteiger partial charge in [0.15, 0.2) is 23.7 Å². The van der Waals surface area contributed by atoms with Crippen LogP contribution in [0.5, 0.6) is 11.5 Å². The fourth-order valence-electron chi connectivity index (χ4n) is 7.45. The van der Waals surface area contributed by atoms with Gasteiger partial charge in [-0.2, -0.15) is 0 Å². The minimum atomic E-state index is -1.27. The second-order valence-electron chi connectivity index (χ2n) is 12.3. The highest BCUT2D eigenvalue weighted by molar-refractivity contribution is 5.88. The molecule has 2 bridgehead atoms. The van der Waals surface area contributed by atoms with Gasteiger partial charge in [-0.05, 0) is 70.0 Å². The van der Waals surface area contributed by atoms with Crippen molar-refractivity contribution in [1.29, 1.82) is 0 Å². The summed E-state index contributed by atoms with van der Waals surface area (Å²) in [5, 5.41) is 14.9. The highest BCUT2D eigenvalue weighted by Gasteiger charge is 2.72. The molecule has 2 heterocycles. The standard InChI is InChI=1S/C33H39N3O8/c1-18(35-29(37)22(34)16-20-8-6-5-7-9-20)30(38)42-19(2)31(39)43-24-12-13-33(40)25-17-21-10-11-23(41-4)27-26(21)32(33,28(24)44-27)14-15-36(25)3/h5-12,18-19,22,25,28,40H,13-17,34H2,1-4H3,(H,35,37)/t18-,19-,22-,25?,28-,32-,33-/m0/s1. The van der Waals surface area contributed by atoms with E-state index in [-0.39, 0.29) is 18.2 Å². The Hall–Kier alpha value is -3.93. The maximum atomic E-state index is 13.3. The molecule has 4 aliphatic rings. The van der Waals surface area contributed by atoms with E-state index in [1.807, 2.05) is 49.5 Å². The lowest BCUT2D eigenvalue weighted by Crippen LogP contribution is -2.74. The maximum Gasteiger partial charge on any atom is 0.352 e. The van der Waals surface area contributed by atoms with Crippen LogP contribution in [0.3, 0.4) is 0 Å². The summed E-state index contributed by atoms with van der Waals surface area (Å²) >= 11 is 0. The lowest BCUT2D eigenvalue weighted by Gasteiger charge is -2.61. The maximum absolute atomic E-state index is 13.3. The number of benzene rings is 2. The van der Waals surface area contributed by atoms with Crippen molar-refractivity contribution in [1.82, 2.24) is 10.2 Å². The Labute approximate surface area is 256 Å². The van der Waals surface area contributed by atoms with Gasteiger partial charge in [0.05, 0.1) is 24.2 Å². The number of amides is 1. The third-order valence-corrected chi connectivity index (χ3v) is 9.75. The van der Waals surface area contributed by atoms with E-state index in [9.17, 15) is 19.5 Å². The summed E-state index contributed by atoms with van der Waals surface area (Å²) in [6.07, 6.45) is 1.50. The minimum Gasteiger partial charge on any atom is -0.493 e. The highest BCUT2D eigenvalue weighted by atomic mass is 16.6. The number of likely N-dealkylation sites (N-methyl/N-ethyl adjacent to an activating group) is 1. The van der Waals surface area contributed by atoms with E-state index >= 15 is 0 Å². The number of methoxy groups -OCH3 is 1. The van der Waals surface area contributed by atoms with E-state index in [0.717, 1.165) is 23.2 Å². The van der Waals surface area contributed by atoms with Gasteiger partial charge in [0.25, 0.3) is 0 Å². The molecule has 2 aromatic carbocycles. The van der Waals surface area contributed by atoms with E-state index in [1.54, 1.807) is 13.2 Å². The van der Waals surface area contributed by atoms with Gasteiger partial charge in [-0.25, -0.2) is 9.59 Å². The molecule has 2 aliphatic heterocycles. The van der Waals surface area contributed by atoms with E-state index in [1.165, 1.54) is 13.8 Å². The van der Waals surface area contributed by atoms with Crippen LogP contribution in [-0.2, 0) is 42.1 Å². The van der Waals surface area contributed by atoms with E-state index in [0.29, 0.717) is 30.8 Å². The van der Waals surface area contributed by atoms with Crippen LogP contribution in [0.25, 0.3) is 0 Å². The monoisotopic (exact) mass is 605 g/mol. The fraction of sp³-hybridized carbons (Fsp3) is 0.485. The summed E-state index contributed by atoms with van der Waals surface area (Å²) in [7, 11) is 3.59. The van der Waals surface area contributed by atoms with Crippen LogP contribution in [0.1, 0.15) is 43.4 Å². The fourth-order valence-corrected chi connectivity index (χ4v) is 7.45. The van der Waals surface area contributed by atoms with Gasteiger partial charge in [0.1, 0.15) is 11.8 Å². The topological polar surface area (TPSA) is 150 Å². The largest absolute Gasteiger partial charge is 0.493 e. The number of hydrogen-bond donors (Lipinski definition) is 3. The predicted molar refractivity (Wildman–Crippen MR) is 159 cm³/mol. The number of nitrogens with zero attached hydrogens (tertiary/aromatic N) is 1. The van der Waals surface area contributed by atoms with Crippen LogP contribution in [0.15, 0.2) is 54.3 Å². The van der Waals surface area contributed by atoms with Gasteiger partial charge in [-0.15, -0.1) is 0 Å². The Morgan fingerprint density at radius 3 is 2.64 bits per heavy atom. The van der Waals surface area contributed by atoms with Crippen LogP contribution >= 0.6 is 0 Å². The van der Waals surface area contributed by atoms with Crippen LogP contribution in [0, 0.1) is 0 Å². The molecule has 11 heteroatoms. The summed E-state index contributed by atoms with van der Waals surface area (Å²) < 4.78 is 23.4. The lowest BCUT2D eigenvalue weighted by molar-refractivity contribution is -0.176. The summed E-state index contributed by atoms with van der Waals surface area (Å²) in [5.41, 5.74) is 6.96. The van der Waals surface area contributed by atoms with Gasteiger partial charge in [0, 0.05) is 18.0 Å². The molecule has 234 valence electrons. The van der Waals surface area contributed by atoms with Gasteiger partial charge in [-0.3, -0.25) is 4.79 Å². The van der Waals surface area contributed by atoms with Crippen LogP contribution in [-0.4, -0.2) is 84.5 Å². The molecule has 2 aliphatic carbocycles. The number of piperidine rings is 1. The molecule has 7 atom stereocenters. The van der Waals surface area contributed by atoms with Crippen molar-refractivity contribution in [2.75, 3.05) is 20.7 Å². The van der Waals surface area contributed by atoms with Crippen molar-refractivity contribution < 1.29 is 38.4 Å². The molecule has 1 amide bonds. The smallest absolute Gasteiger partial charge is 0.352 e. The molecule has 6 rings (SSSR count). The summed E-state index contributed by atoms with van der Waals surface area (Å²) in [5.74, 6) is -0.716. The molecule has 0 aromatic heterocycles.